The topological polar surface area (TPSA) is 72.6 Å². The van der Waals surface area contributed by atoms with Crippen molar-refractivity contribution < 1.29 is 18.8 Å². The van der Waals surface area contributed by atoms with Gasteiger partial charge in [-0.3, -0.25) is 4.79 Å². The molecule has 1 aromatic heterocycles. The Kier molecular flexibility index (Phi) is 5.36. The lowest BCUT2D eigenvalue weighted by Gasteiger charge is -2.28. The standard InChI is InChI=1S/C22H19ClN2O4/c1-14-20(21(24-29-14)17-8-4-5-9-18(17)23)22(27)28-13-19(26)25-11-10-15-6-2-3-7-16(15)12-25/h2-9H,10-13H2,1H3. The Labute approximate surface area is 173 Å². The molecule has 0 bridgehead atoms. The van der Waals surface area contributed by atoms with Gasteiger partial charge in [-0.1, -0.05) is 59.2 Å². The van der Waals surface area contributed by atoms with Crippen molar-refractivity contribution in [3.63, 3.8) is 0 Å². The molecule has 2 heterocycles. The maximum atomic E-state index is 12.7. The Hall–Kier alpha value is -3.12. The fourth-order valence-corrected chi connectivity index (χ4v) is 3.67. The fraction of sp³-hybridized carbons (Fsp3) is 0.227. The summed E-state index contributed by atoms with van der Waals surface area (Å²) in [5, 5.41) is 4.40. The highest BCUT2D eigenvalue weighted by molar-refractivity contribution is 6.33. The van der Waals surface area contributed by atoms with Crippen molar-refractivity contribution in [2.45, 2.75) is 19.9 Å². The van der Waals surface area contributed by atoms with E-state index >= 15 is 0 Å². The summed E-state index contributed by atoms with van der Waals surface area (Å²) in [4.78, 5) is 26.9. The van der Waals surface area contributed by atoms with E-state index in [9.17, 15) is 9.59 Å². The normalized spacial score (nSPS) is 13.1. The lowest BCUT2D eigenvalue weighted by molar-refractivity contribution is -0.135. The first kappa shape index (κ1) is 19.2. The number of aromatic nitrogens is 1. The smallest absolute Gasteiger partial charge is 0.344 e. The second kappa shape index (κ2) is 8.09. The Morgan fingerprint density at radius 2 is 1.86 bits per heavy atom. The van der Waals surface area contributed by atoms with E-state index in [1.807, 2.05) is 18.2 Å². The van der Waals surface area contributed by atoms with Crippen LogP contribution in [0.2, 0.25) is 5.02 Å². The van der Waals surface area contributed by atoms with E-state index in [1.54, 1.807) is 36.1 Å². The van der Waals surface area contributed by atoms with Gasteiger partial charge in [-0.25, -0.2) is 4.79 Å². The van der Waals surface area contributed by atoms with Gasteiger partial charge >= 0.3 is 5.97 Å². The predicted molar refractivity (Wildman–Crippen MR) is 108 cm³/mol. The van der Waals surface area contributed by atoms with Crippen molar-refractivity contribution in [2.24, 2.45) is 0 Å². The van der Waals surface area contributed by atoms with Crippen molar-refractivity contribution in [1.29, 1.82) is 0 Å². The number of amides is 1. The van der Waals surface area contributed by atoms with E-state index in [-0.39, 0.29) is 18.1 Å². The molecular weight excluding hydrogens is 392 g/mol. The van der Waals surface area contributed by atoms with E-state index in [4.69, 9.17) is 20.9 Å². The number of nitrogens with zero attached hydrogens (tertiary/aromatic N) is 2. The number of aryl methyl sites for hydroxylation is 1. The van der Waals surface area contributed by atoms with E-state index in [0.29, 0.717) is 35.1 Å². The van der Waals surface area contributed by atoms with Crippen molar-refractivity contribution in [3.05, 3.63) is 76.0 Å². The molecule has 2 aromatic carbocycles. The highest BCUT2D eigenvalue weighted by Gasteiger charge is 2.26. The Morgan fingerprint density at radius 3 is 2.66 bits per heavy atom. The minimum absolute atomic E-state index is 0.176. The lowest BCUT2D eigenvalue weighted by Crippen LogP contribution is -2.38. The van der Waals surface area contributed by atoms with Gasteiger partial charge in [0.05, 0.1) is 5.02 Å². The molecule has 0 unspecified atom stereocenters. The number of ether oxygens (including phenoxy) is 1. The van der Waals surface area contributed by atoms with Crippen LogP contribution in [0.1, 0.15) is 27.2 Å². The van der Waals surface area contributed by atoms with Gasteiger partial charge in [0.15, 0.2) is 6.61 Å². The maximum Gasteiger partial charge on any atom is 0.344 e. The van der Waals surface area contributed by atoms with E-state index in [1.165, 1.54) is 5.56 Å². The molecule has 4 rings (SSSR count). The average Bonchev–Trinajstić information content (AvgIpc) is 3.13. The highest BCUT2D eigenvalue weighted by atomic mass is 35.5. The van der Waals surface area contributed by atoms with Crippen LogP contribution in [-0.2, 0) is 22.5 Å². The van der Waals surface area contributed by atoms with E-state index in [2.05, 4.69) is 11.2 Å². The average molecular weight is 411 g/mol. The van der Waals surface area contributed by atoms with E-state index in [0.717, 1.165) is 12.0 Å². The quantitative estimate of drug-likeness (QED) is 0.607. The largest absolute Gasteiger partial charge is 0.452 e. The third-order valence-electron chi connectivity index (χ3n) is 5.01. The number of hydrogen-bond donors (Lipinski definition) is 0. The first-order valence-electron chi connectivity index (χ1n) is 9.27. The number of fused-ring (bicyclic) bond motifs is 1. The Balaban J connectivity index is 1.45. The minimum Gasteiger partial charge on any atom is -0.452 e. The number of halogens is 1. The number of rotatable bonds is 4. The monoisotopic (exact) mass is 410 g/mol. The van der Waals surface area contributed by atoms with Crippen LogP contribution < -0.4 is 0 Å². The molecule has 0 radical (unpaired) electrons. The van der Waals surface area contributed by atoms with Crippen LogP contribution in [0.25, 0.3) is 11.3 Å². The SMILES string of the molecule is Cc1onc(-c2ccccc2Cl)c1C(=O)OCC(=O)N1CCc2ccccc2C1. The summed E-state index contributed by atoms with van der Waals surface area (Å²) in [5.74, 6) is -0.588. The molecule has 0 spiro atoms. The minimum atomic E-state index is -0.663. The van der Waals surface area contributed by atoms with Crippen molar-refractivity contribution >= 4 is 23.5 Å². The van der Waals surface area contributed by atoms with Crippen molar-refractivity contribution in [2.75, 3.05) is 13.2 Å². The molecule has 0 aliphatic carbocycles. The fourth-order valence-electron chi connectivity index (χ4n) is 3.45. The van der Waals surface area contributed by atoms with Crippen LogP contribution in [0.4, 0.5) is 0 Å². The molecule has 0 saturated carbocycles. The Morgan fingerprint density at radius 1 is 1.14 bits per heavy atom. The second-order valence-electron chi connectivity index (χ2n) is 6.85. The first-order chi connectivity index (χ1) is 14.0. The number of carbonyl (C=O) groups excluding carboxylic acids is 2. The van der Waals surface area contributed by atoms with E-state index < -0.39 is 5.97 Å². The van der Waals surface area contributed by atoms with Gasteiger partial charge < -0.3 is 14.2 Å². The molecule has 0 fully saturated rings. The summed E-state index contributed by atoms with van der Waals surface area (Å²) in [7, 11) is 0. The van der Waals surface area contributed by atoms with Crippen LogP contribution in [0.5, 0.6) is 0 Å². The summed E-state index contributed by atoms with van der Waals surface area (Å²) in [6.45, 7) is 2.40. The van der Waals surface area contributed by atoms with Crippen molar-refractivity contribution in [1.82, 2.24) is 10.1 Å². The molecule has 1 aliphatic rings. The van der Waals surface area contributed by atoms with Gasteiger partial charge in [0.1, 0.15) is 17.0 Å². The molecule has 29 heavy (non-hydrogen) atoms. The van der Waals surface area contributed by atoms with Crippen molar-refractivity contribution in [3.8, 4) is 11.3 Å². The van der Waals surface area contributed by atoms with Crippen LogP contribution in [0, 0.1) is 6.92 Å². The van der Waals surface area contributed by atoms with Gasteiger partial charge in [-0.05, 0) is 30.5 Å². The van der Waals surface area contributed by atoms with Crippen LogP contribution >= 0.6 is 11.6 Å². The van der Waals surface area contributed by atoms with Gasteiger partial charge in [-0.2, -0.15) is 0 Å². The van der Waals surface area contributed by atoms with Gasteiger partial charge in [-0.15, -0.1) is 0 Å². The third-order valence-corrected chi connectivity index (χ3v) is 5.34. The van der Waals surface area contributed by atoms with Gasteiger partial charge in [0.2, 0.25) is 0 Å². The highest BCUT2D eigenvalue weighted by Crippen LogP contribution is 2.31. The van der Waals surface area contributed by atoms with Crippen LogP contribution in [0.15, 0.2) is 53.1 Å². The first-order valence-corrected chi connectivity index (χ1v) is 9.65. The molecule has 148 valence electrons. The maximum absolute atomic E-state index is 12.7. The molecule has 0 saturated heterocycles. The van der Waals surface area contributed by atoms with Gasteiger partial charge in [0, 0.05) is 18.7 Å². The Bertz CT molecular complexity index is 1080. The molecule has 6 nitrogen and oxygen atoms in total. The molecule has 1 amide bonds. The zero-order valence-electron chi connectivity index (χ0n) is 15.9. The lowest BCUT2D eigenvalue weighted by atomic mass is 10.00. The molecule has 0 atom stereocenters. The van der Waals surface area contributed by atoms with Gasteiger partial charge in [0.25, 0.3) is 5.91 Å². The number of esters is 1. The predicted octanol–water partition coefficient (Wildman–Crippen LogP) is 4.05. The molecule has 7 heteroatoms. The summed E-state index contributed by atoms with van der Waals surface area (Å²) in [6.07, 6.45) is 0.789. The molecule has 1 aliphatic heterocycles. The molecule has 0 N–H and O–H groups in total. The number of hydrogen-bond acceptors (Lipinski definition) is 5. The summed E-state index contributed by atoms with van der Waals surface area (Å²) < 4.78 is 10.5. The number of benzene rings is 2. The summed E-state index contributed by atoms with van der Waals surface area (Å²) in [6, 6.07) is 15.1. The summed E-state index contributed by atoms with van der Waals surface area (Å²) in [5.41, 5.74) is 3.41. The zero-order valence-corrected chi connectivity index (χ0v) is 16.6. The third kappa shape index (κ3) is 3.89. The van der Waals surface area contributed by atoms with Crippen LogP contribution in [0.3, 0.4) is 0 Å². The van der Waals surface area contributed by atoms with Crippen LogP contribution in [-0.4, -0.2) is 35.1 Å². The zero-order chi connectivity index (χ0) is 20.4. The molecule has 3 aromatic rings. The summed E-state index contributed by atoms with van der Waals surface area (Å²) >= 11 is 6.22. The second-order valence-corrected chi connectivity index (χ2v) is 7.26. The molecular formula is C22H19ClN2O4. The number of carbonyl (C=O) groups is 2.